The van der Waals surface area contributed by atoms with Crippen LogP contribution in [0, 0.1) is 0 Å². The molecule has 1 heterocycles. The quantitative estimate of drug-likeness (QED) is 0.566. The van der Waals surface area contributed by atoms with Crippen LogP contribution < -0.4 is 16.2 Å². The van der Waals surface area contributed by atoms with Crippen LogP contribution >= 0.6 is 0 Å². The number of nitrogens with zero attached hydrogens (tertiary/aromatic N) is 3. The molecule has 5 heteroatoms. The number of anilines is 2. The minimum absolute atomic E-state index is 0.422. The summed E-state index contributed by atoms with van der Waals surface area (Å²) >= 11 is 0. The molecular formula is C10H19N5. The Morgan fingerprint density at radius 3 is 2.73 bits per heavy atom. The molecule has 0 radical (unpaired) electrons. The third kappa shape index (κ3) is 3.06. The van der Waals surface area contributed by atoms with Crippen molar-refractivity contribution in [2.24, 2.45) is 5.84 Å². The second-order valence-electron chi connectivity index (χ2n) is 3.69. The monoisotopic (exact) mass is 209 g/mol. The molecule has 5 nitrogen and oxygen atoms in total. The van der Waals surface area contributed by atoms with Gasteiger partial charge in [0.15, 0.2) is 0 Å². The van der Waals surface area contributed by atoms with Gasteiger partial charge in [-0.2, -0.15) is 0 Å². The van der Waals surface area contributed by atoms with Crippen molar-refractivity contribution in [2.75, 3.05) is 16.9 Å². The summed E-state index contributed by atoms with van der Waals surface area (Å²) < 4.78 is 0. The van der Waals surface area contributed by atoms with Crippen molar-refractivity contribution < 1.29 is 0 Å². The minimum atomic E-state index is 0.422. The van der Waals surface area contributed by atoms with Crippen LogP contribution in [-0.2, 0) is 0 Å². The van der Waals surface area contributed by atoms with E-state index in [9.17, 15) is 0 Å². The van der Waals surface area contributed by atoms with Gasteiger partial charge in [0.1, 0.15) is 18.0 Å². The third-order valence-electron chi connectivity index (χ3n) is 2.18. The van der Waals surface area contributed by atoms with Crippen LogP contribution in [0.1, 0.15) is 27.2 Å². The first kappa shape index (κ1) is 11.7. The van der Waals surface area contributed by atoms with Crippen molar-refractivity contribution in [1.29, 1.82) is 0 Å². The lowest BCUT2D eigenvalue weighted by Gasteiger charge is -2.27. The highest BCUT2D eigenvalue weighted by Crippen LogP contribution is 2.16. The molecule has 0 spiro atoms. The van der Waals surface area contributed by atoms with Crippen molar-refractivity contribution in [3.8, 4) is 0 Å². The summed E-state index contributed by atoms with van der Waals surface area (Å²) in [6.45, 7) is 7.43. The molecule has 0 aliphatic carbocycles. The Kier molecular flexibility index (Phi) is 4.30. The van der Waals surface area contributed by atoms with E-state index in [1.165, 1.54) is 6.33 Å². The van der Waals surface area contributed by atoms with Crippen molar-refractivity contribution in [3.05, 3.63) is 12.4 Å². The van der Waals surface area contributed by atoms with Crippen LogP contribution in [0.2, 0.25) is 0 Å². The van der Waals surface area contributed by atoms with E-state index in [0.717, 1.165) is 18.8 Å². The summed E-state index contributed by atoms with van der Waals surface area (Å²) in [5.41, 5.74) is 2.53. The SMILES string of the molecule is CCCN(c1cc(NN)ncn1)C(C)C. The standard InChI is InChI=1S/C10H19N5/c1-4-5-15(8(2)3)10-6-9(14-11)12-7-13-10/h6-8H,4-5,11H2,1-3H3,(H,12,13,14). The Morgan fingerprint density at radius 1 is 1.47 bits per heavy atom. The number of hydrogen-bond donors (Lipinski definition) is 2. The van der Waals surface area contributed by atoms with Gasteiger partial charge in [-0.1, -0.05) is 6.92 Å². The Morgan fingerprint density at radius 2 is 2.20 bits per heavy atom. The summed E-state index contributed by atoms with van der Waals surface area (Å²) in [5.74, 6) is 6.86. The van der Waals surface area contributed by atoms with E-state index >= 15 is 0 Å². The summed E-state index contributed by atoms with van der Waals surface area (Å²) in [6.07, 6.45) is 2.61. The highest BCUT2D eigenvalue weighted by Gasteiger charge is 2.11. The molecule has 15 heavy (non-hydrogen) atoms. The first-order valence-corrected chi connectivity index (χ1v) is 5.24. The summed E-state index contributed by atoms with van der Waals surface area (Å²) in [5, 5.41) is 0. The predicted molar refractivity (Wildman–Crippen MR) is 62.6 cm³/mol. The molecule has 0 fully saturated rings. The second-order valence-corrected chi connectivity index (χ2v) is 3.69. The van der Waals surface area contributed by atoms with Crippen LogP contribution in [0.15, 0.2) is 12.4 Å². The summed E-state index contributed by atoms with van der Waals surface area (Å²) in [6, 6.07) is 2.28. The molecule has 1 aromatic rings. The zero-order valence-electron chi connectivity index (χ0n) is 9.57. The average Bonchev–Trinajstić information content (AvgIpc) is 2.25. The van der Waals surface area contributed by atoms with E-state index in [-0.39, 0.29) is 0 Å². The molecule has 3 N–H and O–H groups in total. The van der Waals surface area contributed by atoms with Crippen LogP contribution in [0.25, 0.3) is 0 Å². The van der Waals surface area contributed by atoms with E-state index in [1.54, 1.807) is 0 Å². The van der Waals surface area contributed by atoms with E-state index < -0.39 is 0 Å². The van der Waals surface area contributed by atoms with Gasteiger partial charge in [0.2, 0.25) is 0 Å². The fourth-order valence-electron chi connectivity index (χ4n) is 1.46. The number of hydrogen-bond acceptors (Lipinski definition) is 5. The maximum Gasteiger partial charge on any atom is 0.145 e. The minimum Gasteiger partial charge on any atom is -0.354 e. The van der Waals surface area contributed by atoms with E-state index in [2.05, 4.69) is 41.1 Å². The van der Waals surface area contributed by atoms with Gasteiger partial charge in [-0.3, -0.25) is 0 Å². The van der Waals surface area contributed by atoms with Crippen molar-refractivity contribution in [3.63, 3.8) is 0 Å². The molecule has 1 aromatic heterocycles. The van der Waals surface area contributed by atoms with Gasteiger partial charge in [0.05, 0.1) is 0 Å². The fraction of sp³-hybridized carbons (Fsp3) is 0.600. The number of rotatable bonds is 5. The molecule has 0 bridgehead atoms. The Labute approximate surface area is 90.7 Å². The van der Waals surface area contributed by atoms with E-state index in [1.807, 2.05) is 6.07 Å². The van der Waals surface area contributed by atoms with Gasteiger partial charge in [-0.15, -0.1) is 0 Å². The highest BCUT2D eigenvalue weighted by molar-refractivity contribution is 5.48. The molecule has 0 saturated carbocycles. The molecule has 0 atom stereocenters. The number of nitrogens with one attached hydrogen (secondary N) is 1. The molecule has 0 saturated heterocycles. The first-order chi connectivity index (χ1) is 7.19. The van der Waals surface area contributed by atoms with Crippen LogP contribution in [0.4, 0.5) is 11.6 Å². The van der Waals surface area contributed by atoms with Gasteiger partial charge in [0.25, 0.3) is 0 Å². The average molecular weight is 209 g/mol. The number of nitrogen functional groups attached to an aromatic ring is 1. The van der Waals surface area contributed by atoms with Gasteiger partial charge >= 0.3 is 0 Å². The molecule has 0 amide bonds. The zero-order valence-corrected chi connectivity index (χ0v) is 9.57. The first-order valence-electron chi connectivity index (χ1n) is 5.24. The molecule has 0 aliphatic heterocycles. The number of aromatic nitrogens is 2. The van der Waals surface area contributed by atoms with Crippen molar-refractivity contribution >= 4 is 11.6 Å². The lowest BCUT2D eigenvalue weighted by Crippen LogP contribution is -2.32. The van der Waals surface area contributed by atoms with Gasteiger partial charge in [-0.05, 0) is 20.3 Å². The third-order valence-corrected chi connectivity index (χ3v) is 2.18. The maximum absolute atomic E-state index is 5.31. The zero-order chi connectivity index (χ0) is 11.3. The van der Waals surface area contributed by atoms with Crippen LogP contribution in [0.5, 0.6) is 0 Å². The molecule has 1 rings (SSSR count). The Hall–Kier alpha value is -1.36. The van der Waals surface area contributed by atoms with Crippen LogP contribution in [-0.4, -0.2) is 22.6 Å². The number of nitrogens with two attached hydrogens (primary N) is 1. The summed E-state index contributed by atoms with van der Waals surface area (Å²) in [4.78, 5) is 10.5. The van der Waals surface area contributed by atoms with Gasteiger partial charge < -0.3 is 10.3 Å². The Bertz CT molecular complexity index is 300. The van der Waals surface area contributed by atoms with E-state index in [0.29, 0.717) is 11.9 Å². The molecule has 84 valence electrons. The molecular weight excluding hydrogens is 190 g/mol. The number of hydrazine groups is 1. The smallest absolute Gasteiger partial charge is 0.145 e. The predicted octanol–water partition coefficient (Wildman–Crippen LogP) is 1.39. The molecule has 0 unspecified atom stereocenters. The van der Waals surface area contributed by atoms with Crippen molar-refractivity contribution in [2.45, 2.75) is 33.2 Å². The fourth-order valence-corrected chi connectivity index (χ4v) is 1.46. The highest BCUT2D eigenvalue weighted by atomic mass is 15.3. The van der Waals surface area contributed by atoms with Crippen LogP contribution in [0.3, 0.4) is 0 Å². The molecule has 0 aliphatic rings. The molecule has 0 aromatic carbocycles. The maximum atomic E-state index is 5.31. The second kappa shape index (κ2) is 5.50. The van der Waals surface area contributed by atoms with E-state index in [4.69, 9.17) is 5.84 Å². The largest absolute Gasteiger partial charge is 0.354 e. The Balaban J connectivity index is 2.89. The van der Waals surface area contributed by atoms with Gasteiger partial charge in [0, 0.05) is 18.7 Å². The summed E-state index contributed by atoms with van der Waals surface area (Å²) in [7, 11) is 0. The topological polar surface area (TPSA) is 67.1 Å². The van der Waals surface area contributed by atoms with Crippen molar-refractivity contribution in [1.82, 2.24) is 9.97 Å². The van der Waals surface area contributed by atoms with Gasteiger partial charge in [-0.25, -0.2) is 15.8 Å². The lowest BCUT2D eigenvalue weighted by atomic mass is 10.3. The lowest BCUT2D eigenvalue weighted by molar-refractivity contribution is 0.661. The normalized spacial score (nSPS) is 10.5.